The van der Waals surface area contributed by atoms with Gasteiger partial charge in [-0.1, -0.05) is 305 Å². The van der Waals surface area contributed by atoms with Gasteiger partial charge in [0, 0.05) is 26.2 Å². The maximum absolute atomic E-state index is 14.3. The maximum Gasteiger partial charge on any atom is 0.347 e. The first-order valence-corrected chi connectivity index (χ1v) is 49.9. The summed E-state index contributed by atoms with van der Waals surface area (Å²) in [6.45, 7) is 45.6. The van der Waals surface area contributed by atoms with Gasteiger partial charge in [-0.15, -0.1) is 0 Å². The van der Waals surface area contributed by atoms with Gasteiger partial charge in [0.1, 0.15) is 6.61 Å². The van der Waals surface area contributed by atoms with E-state index in [-0.39, 0.29) is 41.8 Å². The third kappa shape index (κ3) is 51.4. The Hall–Kier alpha value is -1.39. The highest BCUT2D eigenvalue weighted by atomic mass is 28.4. The summed E-state index contributed by atoms with van der Waals surface area (Å²) in [7, 11) is -5.70. The number of esters is 2. The molecule has 0 saturated carbocycles. The molecule has 93 heavy (non-hydrogen) atoms. The van der Waals surface area contributed by atoms with Crippen LogP contribution in [0.1, 0.15) is 338 Å². The number of ether oxygens (including phenoxy) is 2. The van der Waals surface area contributed by atoms with E-state index in [4.69, 9.17) is 22.8 Å². The SMILES string of the molecule is CCCCCCCCCC[C@@H](C)CN(CCCCC(C)C(=O)OC(CCCCN(C[C@@H](CCCCCCCCCC)O[Si](C)(C)C)C[C@@H](CCCCCCCCCC)O[Si](C)(C)C(C)(C)C)C(=O)OCc1ccccc1)C[C@@H](CCCCCCCCCC)O[Si](C)(C)C. The molecule has 9 nitrogen and oxygen atoms in total. The molecule has 0 N–H and O–H groups in total. The molecule has 0 saturated heterocycles. The molecule has 12 heteroatoms. The zero-order valence-corrected chi connectivity index (χ0v) is 68.3. The van der Waals surface area contributed by atoms with Crippen molar-refractivity contribution in [2.75, 3.05) is 39.3 Å². The molecule has 0 heterocycles. The summed E-state index contributed by atoms with van der Waals surface area (Å²) >= 11 is 0. The van der Waals surface area contributed by atoms with Crippen LogP contribution in [-0.2, 0) is 38.9 Å². The van der Waals surface area contributed by atoms with Crippen molar-refractivity contribution < 1.29 is 32.3 Å². The Morgan fingerprint density at radius 2 is 0.731 bits per heavy atom. The monoisotopic (exact) mass is 1360 g/mol. The van der Waals surface area contributed by atoms with E-state index >= 15 is 0 Å². The zero-order valence-electron chi connectivity index (χ0n) is 65.3. The number of carbonyl (C=O) groups is 2. The molecule has 0 aliphatic heterocycles. The predicted molar refractivity (Wildman–Crippen MR) is 412 cm³/mol. The number of benzene rings is 1. The van der Waals surface area contributed by atoms with Crippen LogP contribution in [0.15, 0.2) is 30.3 Å². The second-order valence-electron chi connectivity index (χ2n) is 32.8. The fourth-order valence-electron chi connectivity index (χ4n) is 13.1. The first-order chi connectivity index (χ1) is 44.3. The smallest absolute Gasteiger partial charge is 0.347 e. The van der Waals surface area contributed by atoms with E-state index in [0.29, 0.717) is 12.3 Å². The standard InChI is InChI=1S/C81H160N2O7Si3/c1-18-22-26-30-34-38-42-47-57-72(5)67-82(68-75(88-91(10,11)12)61-50-43-39-35-31-27-23-19-2)65-55-53-58-73(6)79(84)87-78(80(85)86-71-74-59-48-46-49-60-74)64-54-56-66-83(69-76(89-92(13,14)15)62-51-44-40-36-32-28-24-20-3)70-77(90-93(16,17)81(7,8)9)63-52-45-41-37-33-29-25-21-4/h46,48-49,59-60,72-73,75-78H,18-45,47,50-58,61-71H2,1-17H3/t72-,73?,75-,76-,77-,78?/m1/s1. The molecule has 0 bridgehead atoms. The molecule has 0 radical (unpaired) electrons. The topological polar surface area (TPSA) is 86.8 Å². The number of hydrogen-bond donors (Lipinski definition) is 0. The normalized spacial score (nSPS) is 14.6. The largest absolute Gasteiger partial charge is 0.458 e. The highest BCUT2D eigenvalue weighted by Gasteiger charge is 2.40. The van der Waals surface area contributed by atoms with Gasteiger partial charge < -0.3 is 27.7 Å². The second kappa shape index (κ2) is 55.4. The number of nitrogens with zero attached hydrogens (tertiary/aromatic N) is 2. The van der Waals surface area contributed by atoms with Crippen molar-refractivity contribution in [2.24, 2.45) is 11.8 Å². The van der Waals surface area contributed by atoms with E-state index < -0.39 is 37.0 Å². The van der Waals surface area contributed by atoms with E-state index in [1.54, 1.807) is 0 Å². The molecule has 548 valence electrons. The zero-order chi connectivity index (χ0) is 69.1. The summed E-state index contributed by atoms with van der Waals surface area (Å²) in [5.74, 6) is -0.434. The van der Waals surface area contributed by atoms with E-state index in [2.05, 4.69) is 118 Å². The molecule has 1 rings (SSSR count). The molecule has 0 amide bonds. The first kappa shape index (κ1) is 89.6. The van der Waals surface area contributed by atoms with Gasteiger partial charge in [0.15, 0.2) is 31.1 Å². The minimum absolute atomic E-state index is 0.110. The van der Waals surface area contributed by atoms with Crippen LogP contribution in [0.2, 0.25) is 57.4 Å². The van der Waals surface area contributed by atoms with Gasteiger partial charge in [0.05, 0.1) is 24.2 Å². The van der Waals surface area contributed by atoms with Gasteiger partial charge in [-0.2, -0.15) is 0 Å². The first-order valence-electron chi connectivity index (χ1n) is 40.2. The van der Waals surface area contributed by atoms with Crippen LogP contribution in [0.5, 0.6) is 0 Å². The Morgan fingerprint density at radius 1 is 0.398 bits per heavy atom. The maximum atomic E-state index is 14.3. The minimum Gasteiger partial charge on any atom is -0.458 e. The molecule has 1 aromatic carbocycles. The van der Waals surface area contributed by atoms with E-state index in [9.17, 15) is 9.59 Å². The van der Waals surface area contributed by atoms with Crippen molar-refractivity contribution in [3.63, 3.8) is 0 Å². The molecule has 0 aliphatic carbocycles. The summed E-state index contributed by atoms with van der Waals surface area (Å²) < 4.78 is 33.9. The number of rotatable bonds is 65. The van der Waals surface area contributed by atoms with Gasteiger partial charge in [-0.25, -0.2) is 4.79 Å². The lowest BCUT2D eigenvalue weighted by atomic mass is 10.00. The molecule has 0 aliphatic rings. The fourth-order valence-corrected chi connectivity index (χ4v) is 16.8. The van der Waals surface area contributed by atoms with Gasteiger partial charge >= 0.3 is 11.9 Å². The Bertz CT molecular complexity index is 1870. The molecule has 0 spiro atoms. The van der Waals surface area contributed by atoms with Crippen molar-refractivity contribution in [1.82, 2.24) is 9.80 Å². The molecule has 0 aromatic heterocycles. The average molecular weight is 1360 g/mol. The van der Waals surface area contributed by atoms with E-state index in [1.165, 1.54) is 212 Å². The van der Waals surface area contributed by atoms with Crippen LogP contribution in [0.3, 0.4) is 0 Å². The van der Waals surface area contributed by atoms with Crippen molar-refractivity contribution in [3.8, 4) is 0 Å². The predicted octanol–water partition coefficient (Wildman–Crippen LogP) is 24.8. The Balaban J connectivity index is 3.39. The fraction of sp³-hybridized carbons (Fsp3) is 0.901. The number of hydrogen-bond acceptors (Lipinski definition) is 9. The molecule has 0 fully saturated rings. The minimum atomic E-state index is -2.08. The summed E-state index contributed by atoms with van der Waals surface area (Å²) in [5, 5.41) is 0.110. The van der Waals surface area contributed by atoms with E-state index in [1.807, 2.05) is 37.3 Å². The highest BCUT2D eigenvalue weighted by molar-refractivity contribution is 6.74. The third-order valence-electron chi connectivity index (χ3n) is 19.7. The van der Waals surface area contributed by atoms with Crippen LogP contribution in [0.4, 0.5) is 0 Å². The molecule has 1 aromatic rings. The van der Waals surface area contributed by atoms with Gasteiger partial charge in [0.25, 0.3) is 0 Å². The van der Waals surface area contributed by atoms with Crippen LogP contribution in [0.25, 0.3) is 0 Å². The van der Waals surface area contributed by atoms with Crippen molar-refractivity contribution in [2.45, 2.75) is 420 Å². The van der Waals surface area contributed by atoms with Crippen LogP contribution in [-0.4, -0.2) is 110 Å². The Kier molecular flexibility index (Phi) is 53.4. The summed E-state index contributed by atoms with van der Waals surface area (Å²) in [6.07, 6.45) is 51.2. The van der Waals surface area contributed by atoms with Crippen molar-refractivity contribution in [1.29, 1.82) is 0 Å². The van der Waals surface area contributed by atoms with Gasteiger partial charge in [0.2, 0.25) is 0 Å². The van der Waals surface area contributed by atoms with E-state index in [0.717, 1.165) is 96.2 Å². The quantitative estimate of drug-likeness (QED) is 0.0360. The highest BCUT2D eigenvalue weighted by Crippen LogP contribution is 2.38. The van der Waals surface area contributed by atoms with Crippen LogP contribution < -0.4 is 0 Å². The molecule has 6 atom stereocenters. The molecular formula is C81H160N2O7Si3. The second-order valence-corrected chi connectivity index (χ2v) is 46.5. The van der Waals surface area contributed by atoms with Crippen molar-refractivity contribution in [3.05, 3.63) is 35.9 Å². The lowest BCUT2D eigenvalue weighted by Crippen LogP contribution is -2.49. The third-order valence-corrected chi connectivity index (χ3v) is 26.3. The Morgan fingerprint density at radius 3 is 1.11 bits per heavy atom. The molecular weight excluding hydrogens is 1200 g/mol. The summed E-state index contributed by atoms with van der Waals surface area (Å²) in [4.78, 5) is 33.9. The number of carbonyl (C=O) groups excluding carboxylic acids is 2. The lowest BCUT2D eigenvalue weighted by Gasteiger charge is -2.41. The van der Waals surface area contributed by atoms with Crippen LogP contribution >= 0.6 is 0 Å². The Labute approximate surface area is 583 Å². The average Bonchev–Trinajstić information content (AvgIpc) is 1.04. The van der Waals surface area contributed by atoms with Crippen molar-refractivity contribution >= 4 is 36.9 Å². The summed E-state index contributed by atoms with van der Waals surface area (Å²) in [6, 6.07) is 9.87. The van der Waals surface area contributed by atoms with Gasteiger partial charge in [-0.05, 0) is 140 Å². The van der Waals surface area contributed by atoms with Crippen LogP contribution in [0, 0.1) is 11.8 Å². The molecule has 2 unspecified atom stereocenters. The number of unbranched alkanes of at least 4 members (excludes halogenated alkanes) is 30. The van der Waals surface area contributed by atoms with Gasteiger partial charge in [-0.3, -0.25) is 9.69 Å². The summed E-state index contributed by atoms with van der Waals surface area (Å²) in [5.41, 5.74) is 0.923. The lowest BCUT2D eigenvalue weighted by molar-refractivity contribution is -0.171.